The van der Waals surface area contributed by atoms with Gasteiger partial charge in [0.1, 0.15) is 6.04 Å². The molecule has 98 valence electrons. The van der Waals surface area contributed by atoms with Crippen molar-refractivity contribution < 1.29 is 14.7 Å². The van der Waals surface area contributed by atoms with Gasteiger partial charge in [-0.3, -0.25) is 4.79 Å². The SMILES string of the molecule is CC(C)C[C@@H](NC(=O)C1CCN(C)C1)C(=O)O. The van der Waals surface area contributed by atoms with E-state index in [1.807, 2.05) is 20.9 Å². The van der Waals surface area contributed by atoms with Gasteiger partial charge in [-0.05, 0) is 32.4 Å². The number of rotatable bonds is 5. The van der Waals surface area contributed by atoms with E-state index in [2.05, 4.69) is 10.2 Å². The molecule has 0 radical (unpaired) electrons. The Balaban J connectivity index is 2.49. The number of carboxylic acids is 1. The molecular weight excluding hydrogens is 220 g/mol. The predicted octanol–water partition coefficient (Wildman–Crippen LogP) is 0.554. The molecule has 0 aromatic heterocycles. The van der Waals surface area contributed by atoms with Crippen molar-refractivity contribution in [3.63, 3.8) is 0 Å². The maximum atomic E-state index is 11.9. The maximum absolute atomic E-state index is 11.9. The molecule has 0 aromatic rings. The lowest BCUT2D eigenvalue weighted by Crippen LogP contribution is -2.44. The zero-order chi connectivity index (χ0) is 13.0. The number of aliphatic carboxylic acids is 1. The first-order valence-corrected chi connectivity index (χ1v) is 6.12. The molecule has 0 spiro atoms. The summed E-state index contributed by atoms with van der Waals surface area (Å²) in [5.74, 6) is -0.877. The Morgan fingerprint density at radius 2 is 2.12 bits per heavy atom. The fourth-order valence-electron chi connectivity index (χ4n) is 2.13. The number of amides is 1. The van der Waals surface area contributed by atoms with Crippen LogP contribution < -0.4 is 5.32 Å². The molecule has 1 amide bonds. The molecule has 1 rings (SSSR count). The van der Waals surface area contributed by atoms with Crippen molar-refractivity contribution in [1.29, 1.82) is 0 Å². The third kappa shape index (κ3) is 4.34. The van der Waals surface area contributed by atoms with E-state index in [1.165, 1.54) is 0 Å². The smallest absolute Gasteiger partial charge is 0.326 e. The minimum atomic E-state index is -0.946. The Kier molecular flexibility index (Phi) is 4.93. The van der Waals surface area contributed by atoms with E-state index in [0.717, 1.165) is 19.5 Å². The summed E-state index contributed by atoms with van der Waals surface area (Å²) in [4.78, 5) is 25.0. The Morgan fingerprint density at radius 1 is 1.47 bits per heavy atom. The quantitative estimate of drug-likeness (QED) is 0.739. The lowest BCUT2D eigenvalue weighted by Gasteiger charge is -2.18. The second-order valence-electron chi connectivity index (χ2n) is 5.28. The van der Waals surface area contributed by atoms with Crippen molar-refractivity contribution in [2.45, 2.75) is 32.7 Å². The van der Waals surface area contributed by atoms with Crippen LogP contribution in [0.1, 0.15) is 26.7 Å². The van der Waals surface area contributed by atoms with Crippen molar-refractivity contribution in [3.05, 3.63) is 0 Å². The van der Waals surface area contributed by atoms with Gasteiger partial charge < -0.3 is 15.3 Å². The number of carbonyl (C=O) groups is 2. The lowest BCUT2D eigenvalue weighted by atomic mass is 10.0. The molecule has 0 bridgehead atoms. The van der Waals surface area contributed by atoms with Crippen LogP contribution >= 0.6 is 0 Å². The van der Waals surface area contributed by atoms with Crippen LogP contribution in [-0.4, -0.2) is 48.1 Å². The molecule has 17 heavy (non-hydrogen) atoms. The van der Waals surface area contributed by atoms with E-state index in [-0.39, 0.29) is 17.7 Å². The maximum Gasteiger partial charge on any atom is 0.326 e. The first-order valence-electron chi connectivity index (χ1n) is 6.12. The second-order valence-corrected chi connectivity index (χ2v) is 5.28. The fraction of sp³-hybridized carbons (Fsp3) is 0.833. The van der Waals surface area contributed by atoms with Gasteiger partial charge in [-0.2, -0.15) is 0 Å². The number of carbonyl (C=O) groups excluding carboxylic acids is 1. The van der Waals surface area contributed by atoms with Crippen LogP contribution in [0.4, 0.5) is 0 Å². The molecule has 0 aliphatic carbocycles. The van der Waals surface area contributed by atoms with Crippen molar-refractivity contribution in [3.8, 4) is 0 Å². The molecule has 2 N–H and O–H groups in total. The molecule has 1 aliphatic rings. The highest BCUT2D eigenvalue weighted by molar-refractivity contribution is 5.85. The summed E-state index contributed by atoms with van der Waals surface area (Å²) in [7, 11) is 1.97. The Morgan fingerprint density at radius 3 is 2.53 bits per heavy atom. The zero-order valence-electron chi connectivity index (χ0n) is 10.8. The number of hydrogen-bond donors (Lipinski definition) is 2. The van der Waals surface area contributed by atoms with Gasteiger partial charge in [-0.15, -0.1) is 0 Å². The van der Waals surface area contributed by atoms with E-state index in [4.69, 9.17) is 5.11 Å². The highest BCUT2D eigenvalue weighted by atomic mass is 16.4. The van der Waals surface area contributed by atoms with Crippen LogP contribution in [0.25, 0.3) is 0 Å². The molecule has 1 fully saturated rings. The highest BCUT2D eigenvalue weighted by Crippen LogP contribution is 2.15. The zero-order valence-corrected chi connectivity index (χ0v) is 10.8. The fourth-order valence-corrected chi connectivity index (χ4v) is 2.13. The van der Waals surface area contributed by atoms with Crippen LogP contribution in [0.5, 0.6) is 0 Å². The van der Waals surface area contributed by atoms with Crippen molar-refractivity contribution in [1.82, 2.24) is 10.2 Å². The average Bonchev–Trinajstić information content (AvgIpc) is 2.63. The summed E-state index contributed by atoms with van der Waals surface area (Å²) >= 11 is 0. The lowest BCUT2D eigenvalue weighted by molar-refractivity contribution is -0.142. The number of likely N-dealkylation sites (tertiary alicyclic amines) is 1. The van der Waals surface area contributed by atoms with E-state index in [0.29, 0.717) is 6.42 Å². The van der Waals surface area contributed by atoms with Crippen LogP contribution in [0.2, 0.25) is 0 Å². The van der Waals surface area contributed by atoms with Gasteiger partial charge in [0, 0.05) is 6.54 Å². The van der Waals surface area contributed by atoms with Gasteiger partial charge in [-0.1, -0.05) is 13.8 Å². The molecule has 1 saturated heterocycles. The summed E-state index contributed by atoms with van der Waals surface area (Å²) in [6.45, 7) is 5.52. The molecule has 0 aromatic carbocycles. The molecule has 1 unspecified atom stereocenters. The van der Waals surface area contributed by atoms with Crippen LogP contribution in [0.15, 0.2) is 0 Å². The average molecular weight is 242 g/mol. The number of carboxylic acid groups (broad SMARTS) is 1. The summed E-state index contributed by atoms with van der Waals surface area (Å²) in [5, 5.41) is 11.7. The monoisotopic (exact) mass is 242 g/mol. The molecule has 0 saturated carbocycles. The van der Waals surface area contributed by atoms with Crippen LogP contribution in [0.3, 0.4) is 0 Å². The van der Waals surface area contributed by atoms with Crippen molar-refractivity contribution in [2.24, 2.45) is 11.8 Å². The number of nitrogens with zero attached hydrogens (tertiary/aromatic N) is 1. The first kappa shape index (κ1) is 14.0. The number of hydrogen-bond acceptors (Lipinski definition) is 3. The summed E-state index contributed by atoms with van der Waals surface area (Å²) in [5.41, 5.74) is 0. The molecule has 1 aliphatic heterocycles. The van der Waals surface area contributed by atoms with Gasteiger partial charge in [0.05, 0.1) is 5.92 Å². The second kappa shape index (κ2) is 6.00. The summed E-state index contributed by atoms with van der Waals surface area (Å²) in [6, 6.07) is -0.756. The van der Waals surface area contributed by atoms with E-state index in [9.17, 15) is 9.59 Å². The summed E-state index contributed by atoms with van der Waals surface area (Å²) < 4.78 is 0. The summed E-state index contributed by atoms with van der Waals surface area (Å²) in [6.07, 6.45) is 1.29. The van der Waals surface area contributed by atoms with Gasteiger partial charge >= 0.3 is 5.97 Å². The Labute approximate surface area is 102 Å². The minimum Gasteiger partial charge on any atom is -0.480 e. The molecule has 1 heterocycles. The van der Waals surface area contributed by atoms with Crippen molar-refractivity contribution >= 4 is 11.9 Å². The third-order valence-electron chi connectivity index (χ3n) is 3.08. The molecule has 5 heteroatoms. The van der Waals surface area contributed by atoms with Crippen LogP contribution in [0, 0.1) is 11.8 Å². The third-order valence-corrected chi connectivity index (χ3v) is 3.08. The largest absolute Gasteiger partial charge is 0.480 e. The van der Waals surface area contributed by atoms with E-state index >= 15 is 0 Å². The minimum absolute atomic E-state index is 0.0611. The highest BCUT2D eigenvalue weighted by Gasteiger charge is 2.29. The Hall–Kier alpha value is -1.10. The topological polar surface area (TPSA) is 69.6 Å². The van der Waals surface area contributed by atoms with Gasteiger partial charge in [0.2, 0.25) is 5.91 Å². The first-order chi connectivity index (χ1) is 7.90. The van der Waals surface area contributed by atoms with E-state index in [1.54, 1.807) is 0 Å². The number of nitrogens with one attached hydrogen (secondary N) is 1. The Bertz CT molecular complexity index is 291. The van der Waals surface area contributed by atoms with E-state index < -0.39 is 12.0 Å². The van der Waals surface area contributed by atoms with Gasteiger partial charge in [-0.25, -0.2) is 4.79 Å². The van der Waals surface area contributed by atoms with Crippen LogP contribution in [-0.2, 0) is 9.59 Å². The normalized spacial score (nSPS) is 22.7. The molecule has 5 nitrogen and oxygen atoms in total. The van der Waals surface area contributed by atoms with Gasteiger partial charge in [0.15, 0.2) is 0 Å². The molecular formula is C12H22N2O3. The standard InChI is InChI=1S/C12H22N2O3/c1-8(2)6-10(12(16)17)13-11(15)9-4-5-14(3)7-9/h8-10H,4-7H2,1-3H3,(H,13,15)(H,16,17)/t9?,10-/m1/s1. The van der Waals surface area contributed by atoms with Gasteiger partial charge in [0.25, 0.3) is 0 Å². The van der Waals surface area contributed by atoms with Crippen molar-refractivity contribution in [2.75, 3.05) is 20.1 Å². The predicted molar refractivity (Wildman–Crippen MR) is 64.6 cm³/mol. The molecule has 2 atom stereocenters.